The number of benzene rings is 2. The van der Waals surface area contributed by atoms with Crippen molar-refractivity contribution >= 4 is 17.8 Å². The number of rotatable bonds is 2. The quantitative estimate of drug-likeness (QED) is 0.477. The minimum Gasteiger partial charge on any atom is -0.408 e. The Labute approximate surface area is 116 Å². The molecule has 0 bridgehead atoms. The average Bonchev–Trinajstić information content (AvgIpc) is 2.49. The number of nitrogens with zero attached hydrogens (tertiary/aromatic N) is 1. The molecule has 20 heavy (non-hydrogen) atoms. The normalized spacial score (nSPS) is 10.9. The highest BCUT2D eigenvalue weighted by Crippen LogP contribution is 2.04. The fraction of sp³-hybridized carbons (Fsp3) is 0.0625. The van der Waals surface area contributed by atoms with Gasteiger partial charge in [0, 0.05) is 12.5 Å². The molecule has 2 rings (SSSR count). The maximum atomic E-state index is 11.8. The van der Waals surface area contributed by atoms with Crippen molar-refractivity contribution < 1.29 is 14.3 Å². The fourth-order valence-corrected chi connectivity index (χ4v) is 1.58. The Morgan fingerprint density at radius 2 is 1.35 bits per heavy atom. The number of aliphatic imine (C=N–C) groups is 1. The van der Waals surface area contributed by atoms with Crippen molar-refractivity contribution in [1.82, 2.24) is 0 Å². The highest BCUT2D eigenvalue weighted by atomic mass is 16.5. The van der Waals surface area contributed by atoms with E-state index >= 15 is 0 Å². The number of ether oxygens (including phenoxy) is 1. The summed E-state index contributed by atoms with van der Waals surface area (Å²) < 4.78 is 5.02. The minimum absolute atomic E-state index is 0.0210. The number of hydrogen-bond donors (Lipinski definition) is 0. The first-order chi connectivity index (χ1) is 9.66. The topological polar surface area (TPSA) is 55.7 Å². The molecule has 0 aliphatic rings. The molecule has 0 atom stereocenters. The van der Waals surface area contributed by atoms with Gasteiger partial charge in [0.15, 0.2) is 5.90 Å². The third kappa shape index (κ3) is 3.62. The Kier molecular flexibility index (Phi) is 4.39. The molecule has 2 aromatic rings. The van der Waals surface area contributed by atoms with Gasteiger partial charge < -0.3 is 4.74 Å². The Morgan fingerprint density at radius 1 is 0.850 bits per heavy atom. The molecule has 0 aliphatic carbocycles. The molecule has 4 nitrogen and oxygen atoms in total. The van der Waals surface area contributed by atoms with Gasteiger partial charge in [-0.2, -0.15) is 4.99 Å². The van der Waals surface area contributed by atoms with Crippen molar-refractivity contribution in [3.8, 4) is 0 Å². The standard InChI is InChI=1S/C16H13NO3/c1-12(17-15(18)13-8-4-2-5-9-13)20-16(19)14-10-6-3-7-11-14/h2-11H,1H3. The number of esters is 1. The van der Waals surface area contributed by atoms with Gasteiger partial charge in [-0.3, -0.25) is 4.79 Å². The van der Waals surface area contributed by atoms with E-state index in [0.717, 1.165) is 0 Å². The van der Waals surface area contributed by atoms with Gasteiger partial charge in [-0.1, -0.05) is 36.4 Å². The molecule has 0 aliphatic heterocycles. The summed E-state index contributed by atoms with van der Waals surface area (Å²) in [4.78, 5) is 27.3. The molecule has 0 unspecified atom stereocenters. The molecule has 0 aromatic heterocycles. The van der Waals surface area contributed by atoms with Crippen LogP contribution in [0, 0.1) is 0 Å². The summed E-state index contributed by atoms with van der Waals surface area (Å²) in [6.07, 6.45) is 0. The SMILES string of the molecule is CC(=NC(=O)c1ccccc1)OC(=O)c1ccccc1. The van der Waals surface area contributed by atoms with Crippen LogP contribution in [0.1, 0.15) is 27.6 Å². The number of carbonyl (C=O) groups excluding carboxylic acids is 2. The Bertz CT molecular complexity index is 633. The van der Waals surface area contributed by atoms with Crippen molar-refractivity contribution in [3.63, 3.8) is 0 Å². The maximum Gasteiger partial charge on any atom is 0.344 e. The molecule has 0 saturated carbocycles. The van der Waals surface area contributed by atoms with Gasteiger partial charge in [-0.25, -0.2) is 4.79 Å². The molecule has 0 radical (unpaired) electrons. The van der Waals surface area contributed by atoms with E-state index in [1.165, 1.54) is 6.92 Å². The summed E-state index contributed by atoms with van der Waals surface area (Å²) in [5, 5.41) is 0. The lowest BCUT2D eigenvalue weighted by molar-refractivity contribution is 0.0714. The summed E-state index contributed by atoms with van der Waals surface area (Å²) in [5.41, 5.74) is 0.858. The second kappa shape index (κ2) is 6.43. The van der Waals surface area contributed by atoms with E-state index in [1.54, 1.807) is 54.6 Å². The van der Waals surface area contributed by atoms with Gasteiger partial charge in [0.25, 0.3) is 5.91 Å². The molecular weight excluding hydrogens is 254 g/mol. The van der Waals surface area contributed by atoms with Crippen LogP contribution >= 0.6 is 0 Å². The van der Waals surface area contributed by atoms with Crippen LogP contribution in [0.2, 0.25) is 0 Å². The first-order valence-electron chi connectivity index (χ1n) is 6.09. The lowest BCUT2D eigenvalue weighted by atomic mass is 10.2. The summed E-state index contributed by atoms with van der Waals surface area (Å²) in [7, 11) is 0. The molecule has 0 heterocycles. The number of hydrogen-bond acceptors (Lipinski definition) is 3. The van der Waals surface area contributed by atoms with Crippen LogP contribution in [-0.4, -0.2) is 17.8 Å². The molecule has 0 spiro atoms. The van der Waals surface area contributed by atoms with E-state index in [9.17, 15) is 9.59 Å². The van der Waals surface area contributed by atoms with Crippen LogP contribution < -0.4 is 0 Å². The first kappa shape index (κ1) is 13.7. The molecule has 100 valence electrons. The molecular formula is C16H13NO3. The Balaban J connectivity index is 2.05. The second-order valence-corrected chi connectivity index (χ2v) is 4.06. The lowest BCUT2D eigenvalue weighted by Gasteiger charge is -2.03. The maximum absolute atomic E-state index is 11.8. The predicted molar refractivity (Wildman–Crippen MR) is 75.7 cm³/mol. The van der Waals surface area contributed by atoms with Crippen LogP contribution in [0.4, 0.5) is 0 Å². The molecule has 2 aromatic carbocycles. The largest absolute Gasteiger partial charge is 0.408 e. The smallest absolute Gasteiger partial charge is 0.344 e. The van der Waals surface area contributed by atoms with Crippen LogP contribution in [0.25, 0.3) is 0 Å². The van der Waals surface area contributed by atoms with E-state index in [0.29, 0.717) is 11.1 Å². The predicted octanol–water partition coefficient (Wildman–Crippen LogP) is 3.10. The van der Waals surface area contributed by atoms with Crippen LogP contribution in [0.15, 0.2) is 65.7 Å². The second-order valence-electron chi connectivity index (χ2n) is 4.06. The first-order valence-corrected chi connectivity index (χ1v) is 6.09. The summed E-state index contributed by atoms with van der Waals surface area (Å²) in [5.74, 6) is -0.954. The highest BCUT2D eigenvalue weighted by molar-refractivity contribution is 6.05. The van der Waals surface area contributed by atoms with Crippen LogP contribution in [0.3, 0.4) is 0 Å². The third-order valence-electron chi connectivity index (χ3n) is 2.53. The Hall–Kier alpha value is -2.75. The minimum atomic E-state index is -0.535. The summed E-state index contributed by atoms with van der Waals surface area (Å²) >= 11 is 0. The zero-order chi connectivity index (χ0) is 14.4. The van der Waals surface area contributed by atoms with Crippen LogP contribution in [-0.2, 0) is 4.74 Å². The average molecular weight is 267 g/mol. The van der Waals surface area contributed by atoms with Crippen molar-refractivity contribution in [3.05, 3.63) is 71.8 Å². The van der Waals surface area contributed by atoms with Crippen molar-refractivity contribution in [2.24, 2.45) is 4.99 Å². The molecule has 0 N–H and O–H groups in total. The van der Waals surface area contributed by atoms with Crippen molar-refractivity contribution in [2.45, 2.75) is 6.92 Å². The zero-order valence-electron chi connectivity index (χ0n) is 10.9. The van der Waals surface area contributed by atoms with Crippen LogP contribution in [0.5, 0.6) is 0 Å². The van der Waals surface area contributed by atoms with Gasteiger partial charge in [-0.05, 0) is 24.3 Å². The van der Waals surface area contributed by atoms with Crippen molar-refractivity contribution in [1.29, 1.82) is 0 Å². The van der Waals surface area contributed by atoms with Crippen molar-refractivity contribution in [2.75, 3.05) is 0 Å². The zero-order valence-corrected chi connectivity index (χ0v) is 10.9. The fourth-order valence-electron chi connectivity index (χ4n) is 1.58. The third-order valence-corrected chi connectivity index (χ3v) is 2.53. The molecule has 0 fully saturated rings. The van der Waals surface area contributed by atoms with Gasteiger partial charge in [-0.15, -0.1) is 0 Å². The monoisotopic (exact) mass is 267 g/mol. The lowest BCUT2D eigenvalue weighted by Crippen LogP contribution is -2.11. The molecule has 0 saturated heterocycles. The van der Waals surface area contributed by atoms with E-state index in [-0.39, 0.29) is 5.90 Å². The number of carbonyl (C=O) groups is 2. The molecule has 1 amide bonds. The Morgan fingerprint density at radius 3 is 1.90 bits per heavy atom. The van der Waals surface area contributed by atoms with E-state index in [1.807, 2.05) is 6.07 Å². The van der Waals surface area contributed by atoms with Gasteiger partial charge >= 0.3 is 5.97 Å². The van der Waals surface area contributed by atoms with Gasteiger partial charge in [0.2, 0.25) is 0 Å². The van der Waals surface area contributed by atoms with E-state index < -0.39 is 11.9 Å². The summed E-state index contributed by atoms with van der Waals surface area (Å²) in [6.45, 7) is 1.47. The van der Waals surface area contributed by atoms with Gasteiger partial charge in [0.1, 0.15) is 0 Å². The van der Waals surface area contributed by atoms with E-state index in [2.05, 4.69) is 4.99 Å². The molecule has 4 heteroatoms. The summed E-state index contributed by atoms with van der Waals surface area (Å²) in [6, 6.07) is 17.1. The number of amides is 1. The van der Waals surface area contributed by atoms with Gasteiger partial charge in [0.05, 0.1) is 5.56 Å². The van der Waals surface area contributed by atoms with E-state index in [4.69, 9.17) is 4.74 Å². The highest BCUT2D eigenvalue weighted by Gasteiger charge is 2.10.